The molecule has 0 unspecified atom stereocenters. The van der Waals surface area contributed by atoms with Gasteiger partial charge < -0.3 is 10.6 Å². The number of carbonyl (C=O) groups is 2. The van der Waals surface area contributed by atoms with Gasteiger partial charge in [0.2, 0.25) is 11.8 Å². The average Bonchev–Trinajstić information content (AvgIpc) is 2.52. The van der Waals surface area contributed by atoms with Crippen LogP contribution in [0.4, 0.5) is 15.8 Å². The molecule has 6 heteroatoms. The van der Waals surface area contributed by atoms with E-state index < -0.39 is 17.6 Å². The van der Waals surface area contributed by atoms with Crippen molar-refractivity contribution in [2.75, 3.05) is 10.6 Å². The maximum atomic E-state index is 13.1. The lowest BCUT2D eigenvalue weighted by Gasteiger charge is -2.16. The number of aryl methyl sites for hydroxylation is 1. The summed E-state index contributed by atoms with van der Waals surface area (Å²) in [5.74, 6) is -1.25. The predicted molar refractivity (Wildman–Crippen MR) is 98.6 cm³/mol. The number of carbonyl (C=O) groups excluding carboxylic acids is 2. The van der Waals surface area contributed by atoms with Crippen LogP contribution >= 0.6 is 11.6 Å². The van der Waals surface area contributed by atoms with Gasteiger partial charge in [-0.05, 0) is 42.2 Å². The van der Waals surface area contributed by atoms with E-state index in [-0.39, 0.29) is 17.4 Å². The van der Waals surface area contributed by atoms with E-state index in [0.29, 0.717) is 5.69 Å². The number of nitrogens with one attached hydrogen (secondary N) is 2. The molecule has 0 aliphatic rings. The lowest BCUT2D eigenvalue weighted by molar-refractivity contribution is -0.123. The molecule has 0 fully saturated rings. The van der Waals surface area contributed by atoms with Crippen LogP contribution in [0.5, 0.6) is 0 Å². The Labute approximate surface area is 151 Å². The third-order valence-corrected chi connectivity index (χ3v) is 4.01. The Kier molecular flexibility index (Phi) is 6.15. The zero-order valence-electron chi connectivity index (χ0n) is 14.3. The molecule has 2 N–H and O–H groups in total. The third kappa shape index (κ3) is 5.03. The van der Waals surface area contributed by atoms with Crippen LogP contribution in [0.1, 0.15) is 37.3 Å². The third-order valence-electron chi connectivity index (χ3n) is 3.72. The summed E-state index contributed by atoms with van der Waals surface area (Å²) in [6.07, 6.45) is -0.346. The van der Waals surface area contributed by atoms with Crippen molar-refractivity contribution in [3.05, 3.63) is 58.4 Å². The van der Waals surface area contributed by atoms with E-state index in [4.69, 9.17) is 11.6 Å². The molecule has 0 heterocycles. The van der Waals surface area contributed by atoms with Crippen LogP contribution < -0.4 is 10.6 Å². The molecule has 4 nitrogen and oxygen atoms in total. The number of amides is 2. The molecule has 0 bridgehead atoms. The predicted octanol–water partition coefficient (Wildman–Crippen LogP) is 4.88. The highest BCUT2D eigenvalue weighted by Gasteiger charge is 2.15. The topological polar surface area (TPSA) is 58.2 Å². The fourth-order valence-corrected chi connectivity index (χ4v) is 2.63. The number of halogens is 2. The number of rotatable bonds is 5. The molecule has 0 atom stereocenters. The standard InChI is InChI=1S/C19H20ClFN2O2/c1-11(2)14-6-4-5-12(3)19(14)23-18(25)10-17(24)22-13-7-8-16(21)15(20)9-13/h4-9,11H,10H2,1-3H3,(H,22,24)(H,23,25). The van der Waals surface area contributed by atoms with Crippen LogP contribution in [0.2, 0.25) is 5.02 Å². The molecule has 2 rings (SSSR count). The molecule has 132 valence electrons. The largest absolute Gasteiger partial charge is 0.326 e. The van der Waals surface area contributed by atoms with Crippen LogP contribution in [-0.2, 0) is 9.59 Å². The van der Waals surface area contributed by atoms with Crippen molar-refractivity contribution in [1.82, 2.24) is 0 Å². The number of benzene rings is 2. The van der Waals surface area contributed by atoms with Gasteiger partial charge in [0.25, 0.3) is 0 Å². The van der Waals surface area contributed by atoms with E-state index in [0.717, 1.165) is 22.9 Å². The van der Waals surface area contributed by atoms with Crippen LogP contribution in [-0.4, -0.2) is 11.8 Å². The van der Waals surface area contributed by atoms with Crippen LogP contribution in [0.15, 0.2) is 36.4 Å². The van der Waals surface area contributed by atoms with E-state index in [1.807, 2.05) is 39.0 Å². The molecular weight excluding hydrogens is 343 g/mol. The molecule has 0 aromatic heterocycles. The first-order valence-corrected chi connectivity index (χ1v) is 8.30. The highest BCUT2D eigenvalue weighted by Crippen LogP contribution is 2.27. The molecule has 2 aromatic rings. The van der Waals surface area contributed by atoms with Crippen molar-refractivity contribution in [2.45, 2.75) is 33.1 Å². The van der Waals surface area contributed by atoms with Gasteiger partial charge in [-0.15, -0.1) is 0 Å². The maximum absolute atomic E-state index is 13.1. The van der Waals surface area contributed by atoms with Gasteiger partial charge >= 0.3 is 0 Å². The monoisotopic (exact) mass is 362 g/mol. The van der Waals surface area contributed by atoms with Gasteiger partial charge in [-0.1, -0.05) is 43.6 Å². The zero-order valence-corrected chi connectivity index (χ0v) is 15.1. The fourth-order valence-electron chi connectivity index (χ4n) is 2.45. The van der Waals surface area contributed by atoms with Crippen molar-refractivity contribution in [3.63, 3.8) is 0 Å². The summed E-state index contributed by atoms with van der Waals surface area (Å²) in [5, 5.41) is 5.25. The van der Waals surface area contributed by atoms with Crippen molar-refractivity contribution < 1.29 is 14.0 Å². The molecule has 0 aliphatic heterocycles. The molecule has 0 aliphatic carbocycles. The van der Waals surface area contributed by atoms with Gasteiger partial charge in [-0.25, -0.2) is 4.39 Å². The van der Waals surface area contributed by atoms with E-state index >= 15 is 0 Å². The molecule has 0 radical (unpaired) electrons. The first kappa shape index (κ1) is 18.9. The van der Waals surface area contributed by atoms with Gasteiger partial charge in [-0.2, -0.15) is 0 Å². The van der Waals surface area contributed by atoms with E-state index in [1.165, 1.54) is 12.1 Å². The smallest absolute Gasteiger partial charge is 0.233 e. The summed E-state index contributed by atoms with van der Waals surface area (Å²) in [4.78, 5) is 24.2. The molecule has 2 aromatic carbocycles. The van der Waals surface area contributed by atoms with Gasteiger partial charge in [0.1, 0.15) is 12.2 Å². The Bertz CT molecular complexity index is 806. The summed E-state index contributed by atoms with van der Waals surface area (Å²) in [7, 11) is 0. The summed E-state index contributed by atoms with van der Waals surface area (Å²) >= 11 is 5.67. The second-order valence-corrected chi connectivity index (χ2v) is 6.50. The minimum atomic E-state index is -0.571. The molecule has 0 spiro atoms. The van der Waals surface area contributed by atoms with Crippen molar-refractivity contribution in [1.29, 1.82) is 0 Å². The maximum Gasteiger partial charge on any atom is 0.233 e. The molecule has 25 heavy (non-hydrogen) atoms. The number of hydrogen-bond acceptors (Lipinski definition) is 2. The van der Waals surface area contributed by atoms with Gasteiger partial charge in [0, 0.05) is 11.4 Å². The summed E-state index contributed by atoms with van der Waals surface area (Å²) in [6, 6.07) is 9.63. The first-order valence-electron chi connectivity index (χ1n) is 7.92. The van der Waals surface area contributed by atoms with E-state index in [9.17, 15) is 14.0 Å². The van der Waals surface area contributed by atoms with Crippen molar-refractivity contribution >= 4 is 34.8 Å². The lowest BCUT2D eigenvalue weighted by Crippen LogP contribution is -2.22. The van der Waals surface area contributed by atoms with Crippen LogP contribution in [0.3, 0.4) is 0 Å². The number of anilines is 2. The highest BCUT2D eigenvalue weighted by molar-refractivity contribution is 6.31. The minimum Gasteiger partial charge on any atom is -0.326 e. The van der Waals surface area contributed by atoms with Crippen molar-refractivity contribution in [3.8, 4) is 0 Å². The Morgan fingerprint density at radius 3 is 2.44 bits per heavy atom. The summed E-state index contributed by atoms with van der Waals surface area (Å²) in [6.45, 7) is 5.98. The van der Waals surface area contributed by atoms with Gasteiger partial charge in [-0.3, -0.25) is 9.59 Å². The molecule has 0 saturated carbocycles. The Morgan fingerprint density at radius 1 is 1.12 bits per heavy atom. The molecular formula is C19H20ClFN2O2. The Hall–Kier alpha value is -2.40. The minimum absolute atomic E-state index is 0.0938. The SMILES string of the molecule is Cc1cccc(C(C)C)c1NC(=O)CC(=O)Nc1ccc(F)c(Cl)c1. The molecule has 0 saturated heterocycles. The number of para-hydroxylation sites is 1. The summed E-state index contributed by atoms with van der Waals surface area (Å²) < 4.78 is 13.1. The van der Waals surface area contributed by atoms with E-state index in [1.54, 1.807) is 0 Å². The van der Waals surface area contributed by atoms with Crippen molar-refractivity contribution in [2.24, 2.45) is 0 Å². The highest BCUT2D eigenvalue weighted by atomic mass is 35.5. The Morgan fingerprint density at radius 2 is 1.80 bits per heavy atom. The fraction of sp³-hybridized carbons (Fsp3) is 0.263. The Balaban J connectivity index is 2.03. The second kappa shape index (κ2) is 8.12. The lowest BCUT2D eigenvalue weighted by atomic mass is 9.98. The van der Waals surface area contributed by atoms with Crippen LogP contribution in [0.25, 0.3) is 0 Å². The number of hydrogen-bond donors (Lipinski definition) is 2. The second-order valence-electron chi connectivity index (χ2n) is 6.10. The van der Waals surface area contributed by atoms with Crippen LogP contribution in [0, 0.1) is 12.7 Å². The van der Waals surface area contributed by atoms with Gasteiger partial charge in [0.05, 0.1) is 5.02 Å². The average molecular weight is 363 g/mol. The summed E-state index contributed by atoms with van der Waals surface area (Å²) in [5.41, 5.74) is 3.02. The molecule has 2 amide bonds. The zero-order chi connectivity index (χ0) is 18.6. The van der Waals surface area contributed by atoms with E-state index in [2.05, 4.69) is 10.6 Å². The normalized spacial score (nSPS) is 10.6. The first-order chi connectivity index (χ1) is 11.8. The quantitative estimate of drug-likeness (QED) is 0.745. The van der Waals surface area contributed by atoms with Gasteiger partial charge in [0.15, 0.2) is 0 Å².